The molecule has 98 valence electrons. The van der Waals surface area contributed by atoms with Gasteiger partial charge in [0.05, 0.1) is 5.56 Å². The summed E-state index contributed by atoms with van der Waals surface area (Å²) in [6, 6.07) is 6.04. The standard InChI is InChI=1S/C14H19BrN2O/c1-10-5-6-12(13(15)8-10)14(18)17-7-3-2-4-11(17)9-16/h5-6,8,11H,2-4,7,9,16H2,1H3. The topological polar surface area (TPSA) is 46.3 Å². The molecule has 4 heteroatoms. The van der Waals surface area contributed by atoms with Crippen molar-refractivity contribution >= 4 is 21.8 Å². The Balaban J connectivity index is 2.24. The maximum Gasteiger partial charge on any atom is 0.255 e. The Morgan fingerprint density at radius 2 is 2.28 bits per heavy atom. The molecule has 0 bridgehead atoms. The normalized spacial score (nSPS) is 19.9. The molecule has 0 saturated carbocycles. The van der Waals surface area contributed by atoms with Gasteiger partial charge in [-0.2, -0.15) is 0 Å². The van der Waals surface area contributed by atoms with E-state index in [1.807, 2.05) is 30.0 Å². The maximum absolute atomic E-state index is 12.5. The fraction of sp³-hybridized carbons (Fsp3) is 0.500. The fourth-order valence-electron chi connectivity index (χ4n) is 2.46. The molecule has 0 aromatic heterocycles. The van der Waals surface area contributed by atoms with E-state index >= 15 is 0 Å². The first kappa shape index (κ1) is 13.6. The number of hydrogen-bond donors (Lipinski definition) is 1. The van der Waals surface area contributed by atoms with Gasteiger partial charge in [0.25, 0.3) is 5.91 Å². The number of amides is 1. The summed E-state index contributed by atoms with van der Waals surface area (Å²) in [5.41, 5.74) is 7.65. The van der Waals surface area contributed by atoms with E-state index in [0.29, 0.717) is 6.54 Å². The molecule has 3 nitrogen and oxygen atoms in total. The van der Waals surface area contributed by atoms with Gasteiger partial charge in [-0.05, 0) is 59.8 Å². The highest BCUT2D eigenvalue weighted by molar-refractivity contribution is 9.10. The predicted octanol–water partition coefficient (Wildman–Crippen LogP) is 2.71. The number of likely N-dealkylation sites (tertiary alicyclic amines) is 1. The first-order valence-corrected chi connectivity index (χ1v) is 7.20. The lowest BCUT2D eigenvalue weighted by atomic mass is 10.0. The molecule has 1 unspecified atom stereocenters. The number of halogens is 1. The van der Waals surface area contributed by atoms with E-state index < -0.39 is 0 Å². The summed E-state index contributed by atoms with van der Waals surface area (Å²) in [6.07, 6.45) is 3.26. The predicted molar refractivity (Wildman–Crippen MR) is 76.6 cm³/mol. The first-order chi connectivity index (χ1) is 8.63. The molecule has 1 aromatic rings. The second kappa shape index (κ2) is 5.85. The van der Waals surface area contributed by atoms with E-state index in [2.05, 4.69) is 15.9 Å². The molecule has 1 amide bonds. The summed E-state index contributed by atoms with van der Waals surface area (Å²) >= 11 is 3.48. The number of rotatable bonds is 2. The second-order valence-electron chi connectivity index (χ2n) is 4.87. The van der Waals surface area contributed by atoms with Gasteiger partial charge in [0.15, 0.2) is 0 Å². The molecule has 0 spiro atoms. The van der Waals surface area contributed by atoms with Crippen LogP contribution < -0.4 is 5.73 Å². The molecular weight excluding hydrogens is 292 g/mol. The van der Waals surface area contributed by atoms with E-state index in [4.69, 9.17) is 5.73 Å². The molecule has 1 aliphatic rings. The van der Waals surface area contributed by atoms with Crippen LogP contribution in [-0.2, 0) is 0 Å². The highest BCUT2D eigenvalue weighted by Gasteiger charge is 2.27. The number of piperidine rings is 1. The van der Waals surface area contributed by atoms with Crippen LogP contribution in [0.3, 0.4) is 0 Å². The van der Waals surface area contributed by atoms with E-state index in [0.717, 1.165) is 35.0 Å². The molecule has 1 aliphatic heterocycles. The third-order valence-electron chi connectivity index (χ3n) is 3.52. The van der Waals surface area contributed by atoms with Crippen LogP contribution in [0.5, 0.6) is 0 Å². The van der Waals surface area contributed by atoms with Crippen molar-refractivity contribution in [3.63, 3.8) is 0 Å². The highest BCUT2D eigenvalue weighted by Crippen LogP contribution is 2.24. The maximum atomic E-state index is 12.5. The molecule has 1 heterocycles. The van der Waals surface area contributed by atoms with Gasteiger partial charge in [-0.25, -0.2) is 0 Å². The largest absolute Gasteiger partial charge is 0.334 e. The van der Waals surface area contributed by atoms with E-state index in [1.165, 1.54) is 6.42 Å². The van der Waals surface area contributed by atoms with E-state index in [-0.39, 0.29) is 11.9 Å². The number of nitrogens with two attached hydrogens (primary N) is 1. The highest BCUT2D eigenvalue weighted by atomic mass is 79.9. The van der Waals surface area contributed by atoms with Crippen LogP contribution in [-0.4, -0.2) is 29.9 Å². The first-order valence-electron chi connectivity index (χ1n) is 6.40. The lowest BCUT2D eigenvalue weighted by Gasteiger charge is -2.35. The lowest BCUT2D eigenvalue weighted by Crippen LogP contribution is -2.47. The van der Waals surface area contributed by atoms with Crippen molar-refractivity contribution in [3.05, 3.63) is 33.8 Å². The van der Waals surface area contributed by atoms with Crippen LogP contribution >= 0.6 is 15.9 Å². The van der Waals surface area contributed by atoms with Gasteiger partial charge in [-0.1, -0.05) is 6.07 Å². The Bertz CT molecular complexity index is 447. The minimum absolute atomic E-state index is 0.0945. The summed E-state index contributed by atoms with van der Waals surface area (Å²) in [6.45, 7) is 3.39. The van der Waals surface area contributed by atoms with Crippen molar-refractivity contribution in [1.82, 2.24) is 4.90 Å². The Morgan fingerprint density at radius 3 is 2.94 bits per heavy atom. The SMILES string of the molecule is Cc1ccc(C(=O)N2CCCCC2CN)c(Br)c1. The zero-order chi connectivity index (χ0) is 13.1. The lowest BCUT2D eigenvalue weighted by molar-refractivity contribution is 0.0622. The molecular formula is C14H19BrN2O. The number of hydrogen-bond acceptors (Lipinski definition) is 2. The fourth-order valence-corrected chi connectivity index (χ4v) is 3.12. The molecule has 2 rings (SSSR count). The third-order valence-corrected chi connectivity index (χ3v) is 4.17. The van der Waals surface area contributed by atoms with Crippen molar-refractivity contribution in [2.75, 3.05) is 13.1 Å². The second-order valence-corrected chi connectivity index (χ2v) is 5.72. The molecule has 1 atom stereocenters. The molecule has 2 N–H and O–H groups in total. The monoisotopic (exact) mass is 310 g/mol. The Morgan fingerprint density at radius 1 is 1.50 bits per heavy atom. The summed E-state index contributed by atoms with van der Waals surface area (Å²) in [5.74, 6) is 0.0945. The third kappa shape index (κ3) is 2.75. The van der Waals surface area contributed by atoms with Crippen molar-refractivity contribution in [2.24, 2.45) is 5.73 Å². The number of carbonyl (C=O) groups excluding carboxylic acids is 1. The van der Waals surface area contributed by atoms with Crippen LogP contribution in [0.15, 0.2) is 22.7 Å². The Kier molecular flexibility index (Phi) is 4.40. The summed E-state index contributed by atoms with van der Waals surface area (Å²) in [5, 5.41) is 0. The Labute approximate surface area is 116 Å². The van der Waals surface area contributed by atoms with Crippen molar-refractivity contribution in [1.29, 1.82) is 0 Å². The molecule has 1 aromatic carbocycles. The van der Waals surface area contributed by atoms with E-state index in [1.54, 1.807) is 0 Å². The quantitative estimate of drug-likeness (QED) is 0.913. The van der Waals surface area contributed by atoms with Gasteiger partial charge in [-0.15, -0.1) is 0 Å². The molecule has 1 saturated heterocycles. The Hall–Kier alpha value is -0.870. The van der Waals surface area contributed by atoms with Gasteiger partial charge in [0, 0.05) is 23.6 Å². The minimum Gasteiger partial charge on any atom is -0.334 e. The summed E-state index contributed by atoms with van der Waals surface area (Å²) in [4.78, 5) is 14.5. The summed E-state index contributed by atoms with van der Waals surface area (Å²) < 4.78 is 0.869. The smallest absolute Gasteiger partial charge is 0.255 e. The molecule has 0 radical (unpaired) electrons. The van der Waals surface area contributed by atoms with E-state index in [9.17, 15) is 4.79 Å². The van der Waals surface area contributed by atoms with Crippen LogP contribution in [0.4, 0.5) is 0 Å². The number of aryl methyl sites for hydroxylation is 1. The van der Waals surface area contributed by atoms with Gasteiger partial charge in [0.1, 0.15) is 0 Å². The van der Waals surface area contributed by atoms with Crippen LogP contribution in [0.1, 0.15) is 35.2 Å². The molecule has 0 aliphatic carbocycles. The average molecular weight is 311 g/mol. The molecule has 1 fully saturated rings. The number of nitrogens with zero attached hydrogens (tertiary/aromatic N) is 1. The van der Waals surface area contributed by atoms with Crippen molar-refractivity contribution in [3.8, 4) is 0 Å². The van der Waals surface area contributed by atoms with Crippen LogP contribution in [0.2, 0.25) is 0 Å². The van der Waals surface area contributed by atoms with Crippen molar-refractivity contribution < 1.29 is 4.79 Å². The van der Waals surface area contributed by atoms with Crippen LogP contribution in [0.25, 0.3) is 0 Å². The minimum atomic E-state index is 0.0945. The number of carbonyl (C=O) groups is 1. The number of benzene rings is 1. The summed E-state index contributed by atoms with van der Waals surface area (Å²) in [7, 11) is 0. The van der Waals surface area contributed by atoms with Gasteiger partial charge in [0.2, 0.25) is 0 Å². The van der Waals surface area contributed by atoms with Crippen molar-refractivity contribution in [2.45, 2.75) is 32.2 Å². The van der Waals surface area contributed by atoms with Gasteiger partial charge < -0.3 is 10.6 Å². The zero-order valence-electron chi connectivity index (χ0n) is 10.7. The average Bonchev–Trinajstić information content (AvgIpc) is 2.38. The van der Waals surface area contributed by atoms with Gasteiger partial charge >= 0.3 is 0 Å². The molecule has 18 heavy (non-hydrogen) atoms. The van der Waals surface area contributed by atoms with Crippen LogP contribution in [0, 0.1) is 6.92 Å². The zero-order valence-corrected chi connectivity index (χ0v) is 12.2. The van der Waals surface area contributed by atoms with Gasteiger partial charge in [-0.3, -0.25) is 4.79 Å².